The molecule has 0 bridgehead atoms. The van der Waals surface area contributed by atoms with Crippen molar-refractivity contribution in [3.8, 4) is 0 Å². The summed E-state index contributed by atoms with van der Waals surface area (Å²) in [5.41, 5.74) is 1.41. The molecule has 0 aliphatic rings. The van der Waals surface area contributed by atoms with Crippen LogP contribution in [0.25, 0.3) is 0 Å². The monoisotopic (exact) mass is 154 g/mol. The third-order valence-electron chi connectivity index (χ3n) is 1.25. The summed E-state index contributed by atoms with van der Waals surface area (Å²) < 4.78 is 0. The summed E-state index contributed by atoms with van der Waals surface area (Å²) in [7, 11) is 0. The molecule has 1 rings (SSSR count). The van der Waals surface area contributed by atoms with Gasteiger partial charge in [-0.3, -0.25) is 0 Å². The second-order valence-corrected chi connectivity index (χ2v) is 1.84. The van der Waals surface area contributed by atoms with Crippen molar-refractivity contribution in [1.29, 1.82) is 0 Å². The predicted octanol–water partition coefficient (Wildman–Crippen LogP) is 4.16. The summed E-state index contributed by atoms with van der Waals surface area (Å²) in [6.07, 6.45) is 1.14. The molecule has 0 atom stereocenters. The van der Waals surface area contributed by atoms with Crippen LogP contribution >= 0.6 is 0 Å². The van der Waals surface area contributed by atoms with Crippen LogP contribution in [-0.4, -0.2) is 0 Å². The minimum Gasteiger partial charge on any atom is -0.0776 e. The fourth-order valence-corrected chi connectivity index (χ4v) is 0.714. The maximum atomic E-state index is 2.16. The lowest BCUT2D eigenvalue weighted by molar-refractivity contribution is 1.14. The molecular formula is C11H22. The summed E-state index contributed by atoms with van der Waals surface area (Å²) in [6, 6.07) is 10.5. The van der Waals surface area contributed by atoms with E-state index < -0.39 is 0 Å². The van der Waals surface area contributed by atoms with Crippen LogP contribution in [0, 0.1) is 0 Å². The molecule has 0 amide bonds. The van der Waals surface area contributed by atoms with Gasteiger partial charge in [-0.15, -0.1) is 0 Å². The van der Waals surface area contributed by atoms with E-state index in [0.29, 0.717) is 0 Å². The van der Waals surface area contributed by atoms with E-state index in [2.05, 4.69) is 31.2 Å². The number of benzene rings is 1. The molecule has 1 aromatic rings. The molecule has 11 heavy (non-hydrogen) atoms. The molecule has 0 nitrogen and oxygen atoms in total. The van der Waals surface area contributed by atoms with Crippen LogP contribution in [0.5, 0.6) is 0 Å². The average Bonchev–Trinajstić information content (AvgIpc) is 1.90. The minimum absolute atomic E-state index is 0. The van der Waals surface area contributed by atoms with Gasteiger partial charge in [0.1, 0.15) is 0 Å². The van der Waals surface area contributed by atoms with Crippen molar-refractivity contribution in [2.75, 3.05) is 0 Å². The highest BCUT2D eigenvalue weighted by atomic mass is 13.9. The first kappa shape index (κ1) is 16.7. The molecular weight excluding hydrogens is 132 g/mol. The highest BCUT2D eigenvalue weighted by Gasteiger charge is 1.79. The molecule has 0 aliphatic heterocycles. The van der Waals surface area contributed by atoms with Gasteiger partial charge in [0, 0.05) is 0 Å². The van der Waals surface area contributed by atoms with Crippen molar-refractivity contribution in [3.05, 3.63) is 35.9 Å². The van der Waals surface area contributed by atoms with E-state index in [1.54, 1.807) is 0 Å². The fraction of sp³-hybridized carbons (Fsp3) is 0.455. The van der Waals surface area contributed by atoms with E-state index >= 15 is 0 Å². The van der Waals surface area contributed by atoms with E-state index in [0.717, 1.165) is 6.42 Å². The molecule has 0 heterocycles. The molecule has 0 radical (unpaired) electrons. The number of rotatable bonds is 1. The summed E-state index contributed by atoms with van der Waals surface area (Å²) in [5, 5.41) is 0. The first-order valence-electron chi connectivity index (χ1n) is 2.97. The lowest BCUT2D eigenvalue weighted by atomic mass is 10.2. The van der Waals surface area contributed by atoms with Crippen LogP contribution in [0.2, 0.25) is 0 Å². The maximum Gasteiger partial charge on any atom is -0.0307 e. The summed E-state index contributed by atoms with van der Waals surface area (Å²) in [6.45, 7) is 2.16. The van der Waals surface area contributed by atoms with Gasteiger partial charge < -0.3 is 0 Å². The fourth-order valence-electron chi connectivity index (χ4n) is 0.714. The van der Waals surface area contributed by atoms with Crippen molar-refractivity contribution in [2.24, 2.45) is 0 Å². The van der Waals surface area contributed by atoms with Gasteiger partial charge in [0.05, 0.1) is 0 Å². The molecule has 0 spiro atoms. The molecule has 0 fully saturated rings. The normalized spacial score (nSPS) is 6.64. The van der Waals surface area contributed by atoms with E-state index in [9.17, 15) is 0 Å². The second-order valence-electron chi connectivity index (χ2n) is 1.84. The van der Waals surface area contributed by atoms with Crippen LogP contribution in [0.4, 0.5) is 0 Å². The van der Waals surface area contributed by atoms with Crippen LogP contribution in [0.1, 0.15) is 34.8 Å². The summed E-state index contributed by atoms with van der Waals surface area (Å²) in [5.74, 6) is 0. The van der Waals surface area contributed by atoms with Crippen LogP contribution in [0.15, 0.2) is 30.3 Å². The summed E-state index contributed by atoms with van der Waals surface area (Å²) in [4.78, 5) is 0. The standard InChI is InChI=1S/C8H10.3CH4/c1-2-8-6-4-3-5-7-8;;;/h3-7H,2H2,1H3;3*1H4. The van der Waals surface area contributed by atoms with Crippen LogP contribution in [-0.2, 0) is 6.42 Å². The zero-order valence-corrected chi connectivity index (χ0v) is 5.09. The van der Waals surface area contributed by atoms with Gasteiger partial charge in [0.15, 0.2) is 0 Å². The first-order chi connectivity index (χ1) is 3.93. The van der Waals surface area contributed by atoms with Crippen molar-refractivity contribution < 1.29 is 0 Å². The van der Waals surface area contributed by atoms with Gasteiger partial charge in [0.25, 0.3) is 0 Å². The van der Waals surface area contributed by atoms with Crippen LogP contribution < -0.4 is 0 Å². The van der Waals surface area contributed by atoms with E-state index in [1.165, 1.54) is 5.56 Å². The topological polar surface area (TPSA) is 0 Å². The number of hydrogen-bond donors (Lipinski definition) is 0. The molecule has 0 saturated carbocycles. The lowest BCUT2D eigenvalue weighted by Gasteiger charge is -1.89. The smallest absolute Gasteiger partial charge is 0.0307 e. The Hall–Kier alpha value is -0.780. The van der Waals surface area contributed by atoms with Gasteiger partial charge >= 0.3 is 0 Å². The molecule has 0 N–H and O–H groups in total. The number of aryl methyl sites for hydroxylation is 1. The zero-order chi connectivity index (χ0) is 5.82. The minimum atomic E-state index is 0. The van der Waals surface area contributed by atoms with Crippen molar-refractivity contribution >= 4 is 0 Å². The lowest BCUT2D eigenvalue weighted by Crippen LogP contribution is -1.73. The van der Waals surface area contributed by atoms with E-state index in [-0.39, 0.29) is 22.3 Å². The molecule has 1 aromatic carbocycles. The SMILES string of the molecule is C.C.C.CCc1ccccc1. The highest BCUT2D eigenvalue weighted by molar-refractivity contribution is 5.13. The van der Waals surface area contributed by atoms with Gasteiger partial charge in [-0.25, -0.2) is 0 Å². The Morgan fingerprint density at radius 1 is 0.909 bits per heavy atom. The zero-order valence-electron chi connectivity index (χ0n) is 5.09. The third-order valence-corrected chi connectivity index (χ3v) is 1.25. The Morgan fingerprint density at radius 2 is 1.36 bits per heavy atom. The van der Waals surface area contributed by atoms with Crippen LogP contribution in [0.3, 0.4) is 0 Å². The first-order valence-corrected chi connectivity index (χ1v) is 2.97. The summed E-state index contributed by atoms with van der Waals surface area (Å²) >= 11 is 0. The molecule has 0 heteroatoms. The molecule has 66 valence electrons. The van der Waals surface area contributed by atoms with Gasteiger partial charge in [-0.2, -0.15) is 0 Å². The van der Waals surface area contributed by atoms with Crippen molar-refractivity contribution in [1.82, 2.24) is 0 Å². The Bertz CT molecular complexity index is 141. The van der Waals surface area contributed by atoms with E-state index in [4.69, 9.17) is 0 Å². The molecule has 0 aromatic heterocycles. The largest absolute Gasteiger partial charge is 0.0776 e. The Balaban J connectivity index is -0.000000213. The van der Waals surface area contributed by atoms with Gasteiger partial charge in [0.2, 0.25) is 0 Å². The Morgan fingerprint density at radius 3 is 1.64 bits per heavy atom. The quantitative estimate of drug-likeness (QED) is 0.570. The highest BCUT2D eigenvalue weighted by Crippen LogP contribution is 1.96. The van der Waals surface area contributed by atoms with Gasteiger partial charge in [-0.1, -0.05) is 59.5 Å². The predicted molar refractivity (Wildman–Crippen MR) is 56.0 cm³/mol. The van der Waals surface area contributed by atoms with E-state index in [1.807, 2.05) is 6.07 Å². The Kier molecular flexibility index (Phi) is 14.0. The third kappa shape index (κ3) is 5.65. The number of hydrogen-bond acceptors (Lipinski definition) is 0. The maximum absolute atomic E-state index is 2.16. The molecule has 0 saturated heterocycles. The van der Waals surface area contributed by atoms with Gasteiger partial charge in [-0.05, 0) is 12.0 Å². The molecule has 0 unspecified atom stereocenters. The van der Waals surface area contributed by atoms with Crippen molar-refractivity contribution in [3.63, 3.8) is 0 Å². The second kappa shape index (κ2) is 9.22. The average molecular weight is 154 g/mol. The van der Waals surface area contributed by atoms with Crippen molar-refractivity contribution in [2.45, 2.75) is 35.6 Å². The Labute approximate surface area is 72.3 Å². The molecule has 0 aliphatic carbocycles.